The van der Waals surface area contributed by atoms with Gasteiger partial charge in [0.1, 0.15) is 5.84 Å². The second-order valence-corrected chi connectivity index (χ2v) is 5.51. The molecule has 0 aromatic heterocycles. The highest BCUT2D eigenvalue weighted by Gasteiger charge is 2.37. The number of fused-ring (bicyclic) bond motifs is 1. The topological polar surface area (TPSA) is 61.7 Å². The first-order valence-electron chi connectivity index (χ1n) is 6.77. The van der Waals surface area contributed by atoms with Crippen molar-refractivity contribution >= 4 is 11.8 Å². The number of hydrogen-bond donors (Lipinski definition) is 2. The van der Waals surface area contributed by atoms with E-state index in [0.29, 0.717) is 6.42 Å². The Morgan fingerprint density at radius 3 is 3.00 bits per heavy atom. The minimum Gasteiger partial charge on any atom is -0.481 e. The minimum atomic E-state index is -0.677. The first-order chi connectivity index (χ1) is 9.13. The summed E-state index contributed by atoms with van der Waals surface area (Å²) in [5.41, 5.74) is 2.31. The van der Waals surface area contributed by atoms with Crippen LogP contribution in [-0.2, 0) is 4.79 Å². The Bertz CT molecular complexity index is 539. The number of amidine groups is 1. The maximum Gasteiger partial charge on any atom is 0.306 e. The van der Waals surface area contributed by atoms with Gasteiger partial charge in [-0.2, -0.15) is 0 Å². The highest BCUT2D eigenvalue weighted by Crippen LogP contribution is 2.30. The van der Waals surface area contributed by atoms with Gasteiger partial charge < -0.3 is 10.4 Å². The summed E-state index contributed by atoms with van der Waals surface area (Å²) in [4.78, 5) is 15.8. The number of benzene rings is 1. The van der Waals surface area contributed by atoms with Crippen LogP contribution in [0.1, 0.15) is 30.4 Å². The molecule has 1 aliphatic heterocycles. The number of aliphatic imine (C=N–C) groups is 1. The van der Waals surface area contributed by atoms with Gasteiger partial charge in [-0.1, -0.05) is 23.8 Å². The number of carbonyl (C=O) groups is 1. The van der Waals surface area contributed by atoms with Gasteiger partial charge in [0.15, 0.2) is 0 Å². The van der Waals surface area contributed by atoms with Crippen molar-refractivity contribution in [3.8, 4) is 0 Å². The Balaban J connectivity index is 1.77. The molecule has 1 heterocycles. The van der Waals surface area contributed by atoms with E-state index in [2.05, 4.69) is 24.4 Å². The third kappa shape index (κ3) is 2.35. The standard InChI is InChI=1S/C15H18N2O2/c1-9-3-2-4-10(7-9)14-16-12-6-5-11(15(18)19)8-13(12)17-14/h2-4,7,11-13H,5-6,8H2,1H3,(H,16,17)(H,18,19). The number of carboxylic acids is 1. The average molecular weight is 258 g/mol. The lowest BCUT2D eigenvalue weighted by Gasteiger charge is -2.28. The van der Waals surface area contributed by atoms with Gasteiger partial charge in [-0.25, -0.2) is 0 Å². The van der Waals surface area contributed by atoms with Crippen LogP contribution in [0.3, 0.4) is 0 Å². The van der Waals surface area contributed by atoms with Crippen LogP contribution < -0.4 is 5.32 Å². The van der Waals surface area contributed by atoms with Crippen LogP contribution in [0.25, 0.3) is 0 Å². The zero-order chi connectivity index (χ0) is 13.4. The monoisotopic (exact) mass is 258 g/mol. The maximum absolute atomic E-state index is 11.1. The molecule has 3 unspecified atom stereocenters. The summed E-state index contributed by atoms with van der Waals surface area (Å²) in [6.45, 7) is 2.06. The SMILES string of the molecule is Cc1cccc(C2=NC3CCC(C(=O)O)CC3N2)c1. The predicted molar refractivity (Wildman–Crippen MR) is 73.4 cm³/mol. The molecule has 1 saturated carbocycles. The van der Waals surface area contributed by atoms with E-state index in [1.54, 1.807) is 0 Å². The molecule has 2 N–H and O–H groups in total. The highest BCUT2D eigenvalue weighted by atomic mass is 16.4. The van der Waals surface area contributed by atoms with Gasteiger partial charge in [0, 0.05) is 5.56 Å². The molecule has 0 amide bonds. The van der Waals surface area contributed by atoms with E-state index < -0.39 is 5.97 Å². The first kappa shape index (κ1) is 12.2. The summed E-state index contributed by atoms with van der Waals surface area (Å²) < 4.78 is 0. The molecule has 2 aliphatic rings. The molecule has 19 heavy (non-hydrogen) atoms. The molecule has 1 aromatic carbocycles. The molecule has 3 atom stereocenters. The zero-order valence-corrected chi connectivity index (χ0v) is 11.0. The molecule has 100 valence electrons. The fourth-order valence-corrected chi connectivity index (χ4v) is 3.02. The largest absolute Gasteiger partial charge is 0.481 e. The van der Waals surface area contributed by atoms with E-state index in [4.69, 9.17) is 10.1 Å². The molecular weight excluding hydrogens is 240 g/mol. The quantitative estimate of drug-likeness (QED) is 0.852. The van der Waals surface area contributed by atoms with Crippen LogP contribution in [0, 0.1) is 12.8 Å². The summed E-state index contributed by atoms with van der Waals surface area (Å²) in [5, 5.41) is 12.5. The summed E-state index contributed by atoms with van der Waals surface area (Å²) in [7, 11) is 0. The molecule has 0 radical (unpaired) electrons. The third-order valence-corrected chi connectivity index (χ3v) is 4.07. The lowest BCUT2D eigenvalue weighted by Crippen LogP contribution is -2.41. The molecule has 1 aliphatic carbocycles. The zero-order valence-electron chi connectivity index (χ0n) is 11.0. The van der Waals surface area contributed by atoms with Crippen LogP contribution in [0.15, 0.2) is 29.3 Å². The van der Waals surface area contributed by atoms with E-state index in [1.807, 2.05) is 12.1 Å². The first-order valence-corrected chi connectivity index (χ1v) is 6.77. The van der Waals surface area contributed by atoms with Crippen molar-refractivity contribution in [1.29, 1.82) is 0 Å². The molecular formula is C15H18N2O2. The average Bonchev–Trinajstić information content (AvgIpc) is 2.81. The van der Waals surface area contributed by atoms with Crippen molar-refractivity contribution < 1.29 is 9.90 Å². The number of nitrogens with one attached hydrogen (secondary N) is 1. The Hall–Kier alpha value is -1.84. The number of carboxylic acid groups (broad SMARTS) is 1. The van der Waals surface area contributed by atoms with Crippen LogP contribution in [0.4, 0.5) is 0 Å². The van der Waals surface area contributed by atoms with Gasteiger partial charge in [-0.05, 0) is 32.3 Å². The third-order valence-electron chi connectivity index (χ3n) is 4.07. The smallest absolute Gasteiger partial charge is 0.306 e. The van der Waals surface area contributed by atoms with Crippen molar-refractivity contribution in [3.05, 3.63) is 35.4 Å². The van der Waals surface area contributed by atoms with E-state index >= 15 is 0 Å². The Kier molecular flexibility index (Phi) is 3.01. The molecule has 1 aromatic rings. The Labute approximate surface area is 112 Å². The van der Waals surface area contributed by atoms with Crippen molar-refractivity contribution in [1.82, 2.24) is 5.32 Å². The minimum absolute atomic E-state index is 0.186. The predicted octanol–water partition coefficient (Wildman–Crippen LogP) is 1.97. The number of aryl methyl sites for hydroxylation is 1. The Morgan fingerprint density at radius 1 is 1.42 bits per heavy atom. The molecule has 4 nitrogen and oxygen atoms in total. The molecule has 0 spiro atoms. The fraction of sp³-hybridized carbons (Fsp3) is 0.467. The Morgan fingerprint density at radius 2 is 2.26 bits per heavy atom. The number of rotatable bonds is 2. The molecule has 0 bridgehead atoms. The second-order valence-electron chi connectivity index (χ2n) is 5.51. The normalized spacial score (nSPS) is 29.3. The lowest BCUT2D eigenvalue weighted by molar-refractivity contribution is -0.143. The van der Waals surface area contributed by atoms with Crippen LogP contribution in [-0.4, -0.2) is 29.0 Å². The maximum atomic E-state index is 11.1. The lowest BCUT2D eigenvalue weighted by atomic mass is 9.83. The van der Waals surface area contributed by atoms with Gasteiger partial charge >= 0.3 is 5.97 Å². The van der Waals surface area contributed by atoms with Gasteiger partial charge in [-0.15, -0.1) is 0 Å². The summed E-state index contributed by atoms with van der Waals surface area (Å²) >= 11 is 0. The van der Waals surface area contributed by atoms with Gasteiger partial charge in [0.2, 0.25) is 0 Å². The highest BCUT2D eigenvalue weighted by molar-refractivity contribution is 6.00. The van der Waals surface area contributed by atoms with Gasteiger partial charge in [0.25, 0.3) is 0 Å². The summed E-state index contributed by atoms with van der Waals surface area (Å²) in [6.07, 6.45) is 2.28. The van der Waals surface area contributed by atoms with Crippen molar-refractivity contribution in [3.63, 3.8) is 0 Å². The number of aliphatic carboxylic acids is 1. The van der Waals surface area contributed by atoms with E-state index in [-0.39, 0.29) is 18.0 Å². The number of hydrogen-bond acceptors (Lipinski definition) is 3. The molecule has 3 rings (SSSR count). The van der Waals surface area contributed by atoms with Crippen LogP contribution >= 0.6 is 0 Å². The van der Waals surface area contributed by atoms with E-state index in [9.17, 15) is 4.79 Å². The second kappa shape index (κ2) is 4.68. The van der Waals surface area contributed by atoms with E-state index in [1.165, 1.54) is 5.56 Å². The number of nitrogens with zero attached hydrogens (tertiary/aromatic N) is 1. The molecule has 4 heteroatoms. The van der Waals surface area contributed by atoms with Crippen LogP contribution in [0.5, 0.6) is 0 Å². The van der Waals surface area contributed by atoms with Crippen molar-refractivity contribution in [2.24, 2.45) is 10.9 Å². The van der Waals surface area contributed by atoms with Crippen LogP contribution in [0.2, 0.25) is 0 Å². The van der Waals surface area contributed by atoms with Gasteiger partial charge in [0.05, 0.1) is 18.0 Å². The summed E-state index contributed by atoms with van der Waals surface area (Å²) in [5.74, 6) is 0.0230. The summed E-state index contributed by atoms with van der Waals surface area (Å²) in [6, 6.07) is 8.67. The fourth-order valence-electron chi connectivity index (χ4n) is 3.02. The molecule has 1 fully saturated rings. The van der Waals surface area contributed by atoms with Crippen molar-refractivity contribution in [2.75, 3.05) is 0 Å². The van der Waals surface area contributed by atoms with Gasteiger partial charge in [-0.3, -0.25) is 9.79 Å². The molecule has 0 saturated heterocycles. The van der Waals surface area contributed by atoms with Crippen molar-refractivity contribution in [2.45, 2.75) is 38.3 Å². The van der Waals surface area contributed by atoms with E-state index in [0.717, 1.165) is 24.2 Å².